The van der Waals surface area contributed by atoms with Gasteiger partial charge in [-0.1, -0.05) is 32.0 Å². The summed E-state index contributed by atoms with van der Waals surface area (Å²) in [6, 6.07) is 10.5. The van der Waals surface area contributed by atoms with Crippen molar-refractivity contribution in [2.24, 2.45) is 5.92 Å². The molecule has 156 valence electrons. The molecule has 6 heteroatoms. The zero-order valence-electron chi connectivity index (χ0n) is 18.1. The van der Waals surface area contributed by atoms with Crippen LogP contribution in [0.1, 0.15) is 37.1 Å². The molecule has 4 rings (SSSR count). The maximum atomic E-state index is 11.9. The number of benzene rings is 1. The topological polar surface area (TPSA) is 60.2 Å². The molecule has 1 aliphatic heterocycles. The van der Waals surface area contributed by atoms with Gasteiger partial charge in [0, 0.05) is 48.2 Å². The van der Waals surface area contributed by atoms with Gasteiger partial charge in [0.2, 0.25) is 0 Å². The number of fused-ring (bicyclic) bond motifs is 1. The fourth-order valence-electron chi connectivity index (χ4n) is 3.83. The van der Waals surface area contributed by atoms with Crippen molar-refractivity contribution in [3.63, 3.8) is 0 Å². The highest BCUT2D eigenvalue weighted by molar-refractivity contribution is 5.81. The molecule has 30 heavy (non-hydrogen) atoms. The minimum absolute atomic E-state index is 0.295. The van der Waals surface area contributed by atoms with E-state index in [1.165, 1.54) is 7.11 Å². The van der Waals surface area contributed by atoms with Crippen LogP contribution in [0, 0.1) is 12.8 Å². The van der Waals surface area contributed by atoms with E-state index in [1.54, 1.807) is 4.90 Å². The second kappa shape index (κ2) is 8.30. The van der Waals surface area contributed by atoms with Gasteiger partial charge in [-0.05, 0) is 42.5 Å². The normalized spacial score (nSPS) is 13.0. The van der Waals surface area contributed by atoms with E-state index < -0.39 is 0 Å². The van der Waals surface area contributed by atoms with Crippen LogP contribution in [0.15, 0.2) is 42.7 Å². The molecule has 0 fully saturated rings. The monoisotopic (exact) mass is 404 g/mol. The van der Waals surface area contributed by atoms with Crippen LogP contribution < -0.4 is 0 Å². The van der Waals surface area contributed by atoms with E-state index in [0.717, 1.165) is 52.2 Å². The van der Waals surface area contributed by atoms with E-state index in [1.807, 2.05) is 23.9 Å². The van der Waals surface area contributed by atoms with Crippen molar-refractivity contribution in [3.05, 3.63) is 59.5 Å². The van der Waals surface area contributed by atoms with Gasteiger partial charge in [0.15, 0.2) is 0 Å². The zero-order valence-corrected chi connectivity index (χ0v) is 18.1. The van der Waals surface area contributed by atoms with E-state index in [9.17, 15) is 4.79 Å². The first-order chi connectivity index (χ1) is 14.4. The molecule has 6 nitrogen and oxygen atoms in total. The third-order valence-electron chi connectivity index (χ3n) is 5.55. The van der Waals surface area contributed by atoms with Crippen molar-refractivity contribution in [1.82, 2.24) is 19.7 Å². The molecule has 0 unspecified atom stereocenters. The van der Waals surface area contributed by atoms with Crippen molar-refractivity contribution in [3.8, 4) is 22.4 Å². The first kappa shape index (κ1) is 20.1. The van der Waals surface area contributed by atoms with Gasteiger partial charge in [-0.15, -0.1) is 0 Å². The maximum Gasteiger partial charge on any atom is 0.410 e. The zero-order chi connectivity index (χ0) is 21.3. The minimum Gasteiger partial charge on any atom is -0.453 e. The summed E-state index contributed by atoms with van der Waals surface area (Å²) in [6.45, 7) is 8.51. The fraction of sp³-hybridized carbons (Fsp3) is 0.375. The predicted octanol–water partition coefficient (Wildman–Crippen LogP) is 5.05. The fourth-order valence-corrected chi connectivity index (χ4v) is 3.83. The SMILES string of the molecule is COC(=O)N1Cc2ccc(-c3nc(C)ccc3-c3cnn(CCC(C)C)c3)cc2C1. The van der Waals surface area contributed by atoms with Crippen LogP contribution >= 0.6 is 0 Å². The van der Waals surface area contributed by atoms with Gasteiger partial charge >= 0.3 is 6.09 Å². The first-order valence-corrected chi connectivity index (χ1v) is 10.4. The van der Waals surface area contributed by atoms with Gasteiger partial charge in [0.05, 0.1) is 19.0 Å². The van der Waals surface area contributed by atoms with Crippen LogP contribution in [0.3, 0.4) is 0 Å². The number of ether oxygens (including phenoxy) is 1. The Balaban J connectivity index is 1.67. The summed E-state index contributed by atoms with van der Waals surface area (Å²) < 4.78 is 6.88. The molecule has 0 saturated heterocycles. The molecule has 0 aliphatic carbocycles. The Morgan fingerprint density at radius 2 is 1.93 bits per heavy atom. The molecule has 2 aromatic heterocycles. The second-order valence-corrected chi connectivity index (χ2v) is 8.33. The third-order valence-corrected chi connectivity index (χ3v) is 5.55. The van der Waals surface area contributed by atoms with Gasteiger partial charge in [-0.25, -0.2) is 4.79 Å². The number of carbonyl (C=O) groups excluding carboxylic acids is 1. The van der Waals surface area contributed by atoms with Crippen molar-refractivity contribution in [2.75, 3.05) is 7.11 Å². The molecule has 0 bridgehead atoms. The highest BCUT2D eigenvalue weighted by Gasteiger charge is 2.24. The first-order valence-electron chi connectivity index (χ1n) is 10.4. The van der Waals surface area contributed by atoms with Crippen LogP contribution in [-0.2, 0) is 24.4 Å². The smallest absolute Gasteiger partial charge is 0.410 e. The Kier molecular flexibility index (Phi) is 5.57. The summed E-state index contributed by atoms with van der Waals surface area (Å²) in [5.41, 5.74) is 7.39. The number of pyridine rings is 1. The van der Waals surface area contributed by atoms with Crippen molar-refractivity contribution in [1.29, 1.82) is 0 Å². The molecule has 1 aliphatic rings. The van der Waals surface area contributed by atoms with E-state index in [-0.39, 0.29) is 6.09 Å². The number of aromatic nitrogens is 3. The summed E-state index contributed by atoms with van der Waals surface area (Å²) in [5, 5.41) is 4.55. The summed E-state index contributed by atoms with van der Waals surface area (Å²) >= 11 is 0. The molecule has 3 heterocycles. The van der Waals surface area contributed by atoms with Crippen LogP contribution in [0.4, 0.5) is 4.79 Å². The van der Waals surface area contributed by atoms with Crippen molar-refractivity contribution >= 4 is 6.09 Å². The van der Waals surface area contributed by atoms with E-state index in [0.29, 0.717) is 19.0 Å². The number of aryl methyl sites for hydroxylation is 2. The minimum atomic E-state index is -0.295. The van der Waals surface area contributed by atoms with Crippen LogP contribution in [-0.4, -0.2) is 32.9 Å². The molecule has 0 spiro atoms. The third kappa shape index (κ3) is 4.08. The lowest BCUT2D eigenvalue weighted by Gasteiger charge is -2.12. The molecular weight excluding hydrogens is 376 g/mol. The van der Waals surface area contributed by atoms with Crippen LogP contribution in [0.2, 0.25) is 0 Å². The number of carbonyl (C=O) groups is 1. The van der Waals surface area contributed by atoms with Gasteiger partial charge in [-0.3, -0.25) is 14.6 Å². The number of amides is 1. The highest BCUT2D eigenvalue weighted by atomic mass is 16.5. The lowest BCUT2D eigenvalue weighted by Crippen LogP contribution is -2.24. The predicted molar refractivity (Wildman–Crippen MR) is 117 cm³/mol. The summed E-state index contributed by atoms with van der Waals surface area (Å²) in [5.74, 6) is 0.644. The van der Waals surface area contributed by atoms with E-state index in [4.69, 9.17) is 9.72 Å². The lowest BCUT2D eigenvalue weighted by molar-refractivity contribution is 0.123. The summed E-state index contributed by atoms with van der Waals surface area (Å²) in [4.78, 5) is 18.5. The van der Waals surface area contributed by atoms with Crippen molar-refractivity contribution in [2.45, 2.75) is 46.8 Å². The molecule has 3 aromatic rings. The Bertz CT molecular complexity index is 1070. The lowest BCUT2D eigenvalue weighted by atomic mass is 9.98. The number of hydrogen-bond donors (Lipinski definition) is 0. The Labute approximate surface area is 177 Å². The summed E-state index contributed by atoms with van der Waals surface area (Å²) in [6.07, 6.45) is 4.82. The number of hydrogen-bond acceptors (Lipinski definition) is 4. The van der Waals surface area contributed by atoms with E-state index in [2.05, 4.69) is 49.4 Å². The molecule has 1 aromatic carbocycles. The Morgan fingerprint density at radius 3 is 2.70 bits per heavy atom. The average molecular weight is 405 g/mol. The molecule has 0 radical (unpaired) electrons. The second-order valence-electron chi connectivity index (χ2n) is 8.33. The van der Waals surface area contributed by atoms with Crippen LogP contribution in [0.5, 0.6) is 0 Å². The maximum absolute atomic E-state index is 11.9. The molecule has 0 saturated carbocycles. The highest BCUT2D eigenvalue weighted by Crippen LogP contribution is 2.34. The summed E-state index contributed by atoms with van der Waals surface area (Å²) in [7, 11) is 1.42. The Morgan fingerprint density at radius 1 is 1.13 bits per heavy atom. The van der Waals surface area contributed by atoms with Gasteiger partial charge in [0.1, 0.15) is 0 Å². The van der Waals surface area contributed by atoms with E-state index >= 15 is 0 Å². The number of methoxy groups -OCH3 is 1. The van der Waals surface area contributed by atoms with Gasteiger partial charge in [0.25, 0.3) is 0 Å². The Hall–Kier alpha value is -3.15. The van der Waals surface area contributed by atoms with Gasteiger partial charge < -0.3 is 4.74 Å². The molecule has 0 N–H and O–H groups in total. The average Bonchev–Trinajstić information content (AvgIpc) is 3.38. The quantitative estimate of drug-likeness (QED) is 0.597. The molecular formula is C24H28N4O2. The largest absolute Gasteiger partial charge is 0.453 e. The number of nitrogens with zero attached hydrogens (tertiary/aromatic N) is 4. The standard InChI is InChI=1S/C24H28N4O2/c1-16(2)9-10-28-15-21(12-25-28)22-8-5-17(3)26-23(22)18-6-7-19-13-27(24(29)30-4)14-20(19)11-18/h5-8,11-12,15-16H,9-10,13-14H2,1-4H3. The number of rotatable bonds is 5. The van der Waals surface area contributed by atoms with Crippen molar-refractivity contribution < 1.29 is 9.53 Å². The molecule has 1 amide bonds. The van der Waals surface area contributed by atoms with Crippen LogP contribution in [0.25, 0.3) is 22.4 Å². The molecule has 0 atom stereocenters. The van der Waals surface area contributed by atoms with Gasteiger partial charge in [-0.2, -0.15) is 5.10 Å².